The van der Waals surface area contributed by atoms with Gasteiger partial charge in [0.2, 0.25) is 5.89 Å². The van der Waals surface area contributed by atoms with Crippen molar-refractivity contribution in [3.63, 3.8) is 0 Å². The van der Waals surface area contributed by atoms with E-state index in [9.17, 15) is 4.79 Å². The van der Waals surface area contributed by atoms with Gasteiger partial charge < -0.3 is 9.15 Å². The Balaban J connectivity index is 1.31. The van der Waals surface area contributed by atoms with Crippen molar-refractivity contribution < 1.29 is 13.9 Å². The second-order valence-corrected chi connectivity index (χ2v) is 8.93. The van der Waals surface area contributed by atoms with Crippen molar-refractivity contribution in [2.75, 3.05) is 0 Å². The van der Waals surface area contributed by atoms with Crippen molar-refractivity contribution in [3.8, 4) is 11.5 Å². The molecule has 1 aliphatic rings. The second-order valence-electron chi connectivity index (χ2n) is 8.50. The first-order valence-corrected chi connectivity index (χ1v) is 12.0. The standard InChI is InChI=1S/C29H20ClN3O3/c30-21-13-10-18(11-14-21)16-20-12-15-23-26(22-8-4-5-9-24(22)31-27(20)23)29(34)35-17-25-32-33-28(36-25)19-6-2-1-3-7-19/h1-11,13-14,16H,12,15,17H2/b20-16+. The Labute approximate surface area is 212 Å². The van der Waals surface area contributed by atoms with Crippen LogP contribution in [0.2, 0.25) is 5.02 Å². The largest absolute Gasteiger partial charge is 0.452 e. The van der Waals surface area contributed by atoms with Crippen LogP contribution < -0.4 is 0 Å². The first-order chi connectivity index (χ1) is 17.7. The molecule has 2 aromatic heterocycles. The molecule has 0 N–H and O–H groups in total. The summed E-state index contributed by atoms with van der Waals surface area (Å²) >= 11 is 6.04. The van der Waals surface area contributed by atoms with Gasteiger partial charge in [-0.05, 0) is 65.9 Å². The molecule has 0 amide bonds. The van der Waals surface area contributed by atoms with Gasteiger partial charge in [0, 0.05) is 16.0 Å². The summed E-state index contributed by atoms with van der Waals surface area (Å²) in [5.41, 5.74) is 5.94. The number of allylic oxidation sites excluding steroid dienone is 1. The summed E-state index contributed by atoms with van der Waals surface area (Å²) in [4.78, 5) is 18.3. The van der Waals surface area contributed by atoms with Gasteiger partial charge >= 0.3 is 5.97 Å². The van der Waals surface area contributed by atoms with Gasteiger partial charge in [-0.3, -0.25) is 0 Å². The van der Waals surface area contributed by atoms with Gasteiger partial charge in [-0.15, -0.1) is 10.2 Å². The van der Waals surface area contributed by atoms with Gasteiger partial charge in [-0.2, -0.15) is 0 Å². The summed E-state index contributed by atoms with van der Waals surface area (Å²) in [6.07, 6.45) is 3.59. The number of fused-ring (bicyclic) bond motifs is 2. The van der Waals surface area contributed by atoms with Crippen LogP contribution in [0.1, 0.15) is 39.5 Å². The fourth-order valence-electron chi connectivity index (χ4n) is 4.48. The SMILES string of the molecule is O=C(OCc1nnc(-c2ccccc2)o1)c1c2c(nc3ccccc13)/C(=C/c1ccc(Cl)cc1)CC2. The zero-order valence-corrected chi connectivity index (χ0v) is 19.9. The van der Waals surface area contributed by atoms with E-state index in [-0.39, 0.29) is 12.5 Å². The van der Waals surface area contributed by atoms with Gasteiger partial charge in [0.1, 0.15) is 0 Å². The fourth-order valence-corrected chi connectivity index (χ4v) is 4.61. The van der Waals surface area contributed by atoms with Gasteiger partial charge in [0.25, 0.3) is 5.89 Å². The number of hydrogen-bond acceptors (Lipinski definition) is 6. The molecule has 3 aromatic carbocycles. The van der Waals surface area contributed by atoms with E-state index in [0.717, 1.165) is 45.3 Å². The topological polar surface area (TPSA) is 78.1 Å². The third-order valence-electron chi connectivity index (χ3n) is 6.17. The van der Waals surface area contributed by atoms with E-state index >= 15 is 0 Å². The summed E-state index contributed by atoms with van der Waals surface area (Å²) in [7, 11) is 0. The molecule has 0 spiro atoms. The molecule has 36 heavy (non-hydrogen) atoms. The van der Waals surface area contributed by atoms with Crippen molar-refractivity contribution in [2.45, 2.75) is 19.4 Å². The van der Waals surface area contributed by atoms with Gasteiger partial charge in [-0.1, -0.05) is 60.1 Å². The normalized spacial score (nSPS) is 13.8. The van der Waals surface area contributed by atoms with Crippen LogP contribution in [0.5, 0.6) is 0 Å². The molecule has 0 saturated carbocycles. The first kappa shape index (κ1) is 22.2. The third kappa shape index (κ3) is 4.27. The van der Waals surface area contributed by atoms with Gasteiger partial charge in [0.05, 0.1) is 16.8 Å². The number of benzene rings is 3. The number of pyridine rings is 1. The molecule has 0 radical (unpaired) electrons. The highest BCUT2D eigenvalue weighted by molar-refractivity contribution is 6.30. The molecule has 176 valence electrons. The lowest BCUT2D eigenvalue weighted by atomic mass is 10.0. The van der Waals surface area contributed by atoms with Crippen LogP contribution in [0, 0.1) is 0 Å². The number of esters is 1. The van der Waals surface area contributed by atoms with Crippen LogP contribution in [-0.4, -0.2) is 21.2 Å². The van der Waals surface area contributed by atoms with Crippen molar-refractivity contribution in [1.29, 1.82) is 0 Å². The summed E-state index contributed by atoms with van der Waals surface area (Å²) in [5, 5.41) is 9.56. The van der Waals surface area contributed by atoms with Crippen molar-refractivity contribution in [2.24, 2.45) is 0 Å². The number of halogens is 1. The minimum absolute atomic E-state index is 0.114. The highest BCUT2D eigenvalue weighted by atomic mass is 35.5. The molecule has 0 atom stereocenters. The van der Waals surface area contributed by atoms with E-state index < -0.39 is 5.97 Å². The third-order valence-corrected chi connectivity index (χ3v) is 6.42. The van der Waals surface area contributed by atoms with E-state index in [2.05, 4.69) is 16.3 Å². The Bertz CT molecular complexity index is 1610. The number of hydrogen-bond donors (Lipinski definition) is 0. The molecular formula is C29H20ClN3O3. The van der Waals surface area contributed by atoms with Crippen molar-refractivity contribution in [3.05, 3.63) is 112 Å². The van der Waals surface area contributed by atoms with Crippen LogP contribution in [-0.2, 0) is 17.8 Å². The molecule has 1 aliphatic carbocycles. The Morgan fingerprint density at radius 1 is 0.944 bits per heavy atom. The maximum Gasteiger partial charge on any atom is 0.339 e. The van der Waals surface area contributed by atoms with E-state index in [1.807, 2.05) is 78.9 Å². The number of nitrogens with zero attached hydrogens (tertiary/aromatic N) is 3. The fraction of sp³-hybridized carbons (Fsp3) is 0.103. The van der Waals surface area contributed by atoms with E-state index in [4.69, 9.17) is 25.7 Å². The molecule has 0 unspecified atom stereocenters. The molecule has 7 heteroatoms. The summed E-state index contributed by atoms with van der Waals surface area (Å²) in [5.74, 6) is 0.187. The molecule has 5 aromatic rings. The van der Waals surface area contributed by atoms with Crippen LogP contribution in [0.25, 0.3) is 34.0 Å². The number of para-hydroxylation sites is 1. The van der Waals surface area contributed by atoms with Gasteiger partial charge in [-0.25, -0.2) is 9.78 Å². The summed E-state index contributed by atoms with van der Waals surface area (Å²) < 4.78 is 11.4. The van der Waals surface area contributed by atoms with Crippen LogP contribution in [0.15, 0.2) is 83.3 Å². The first-order valence-electron chi connectivity index (χ1n) is 11.6. The second kappa shape index (κ2) is 9.40. The lowest BCUT2D eigenvalue weighted by molar-refractivity contribution is 0.0440. The smallest absolute Gasteiger partial charge is 0.339 e. The van der Waals surface area contributed by atoms with E-state index in [0.29, 0.717) is 22.9 Å². The monoisotopic (exact) mass is 493 g/mol. The Morgan fingerprint density at radius 2 is 1.72 bits per heavy atom. The summed E-state index contributed by atoms with van der Waals surface area (Å²) in [6.45, 7) is -0.114. The number of carbonyl (C=O) groups is 1. The molecule has 0 saturated heterocycles. The molecule has 2 heterocycles. The van der Waals surface area contributed by atoms with Gasteiger partial charge in [0.15, 0.2) is 6.61 Å². The zero-order chi connectivity index (χ0) is 24.5. The zero-order valence-electron chi connectivity index (χ0n) is 19.1. The van der Waals surface area contributed by atoms with E-state index in [1.165, 1.54) is 0 Å². The predicted octanol–water partition coefficient (Wildman–Crippen LogP) is 6.78. The minimum Gasteiger partial charge on any atom is -0.452 e. The van der Waals surface area contributed by atoms with Crippen molar-refractivity contribution >= 4 is 40.1 Å². The molecule has 0 bridgehead atoms. The maximum atomic E-state index is 13.4. The highest BCUT2D eigenvalue weighted by Crippen LogP contribution is 2.38. The highest BCUT2D eigenvalue weighted by Gasteiger charge is 2.28. The Morgan fingerprint density at radius 3 is 2.56 bits per heavy atom. The van der Waals surface area contributed by atoms with Crippen LogP contribution in [0.4, 0.5) is 0 Å². The quantitative estimate of drug-likeness (QED) is 0.251. The molecule has 0 aliphatic heterocycles. The number of aromatic nitrogens is 3. The Hall–Kier alpha value is -4.29. The van der Waals surface area contributed by atoms with E-state index in [1.54, 1.807) is 0 Å². The molecule has 0 fully saturated rings. The average molecular weight is 494 g/mol. The van der Waals surface area contributed by atoms with Crippen LogP contribution in [0.3, 0.4) is 0 Å². The minimum atomic E-state index is -0.433. The molecular weight excluding hydrogens is 474 g/mol. The number of rotatable bonds is 5. The number of ether oxygens (including phenoxy) is 1. The Kier molecular flexibility index (Phi) is 5.79. The average Bonchev–Trinajstić information content (AvgIpc) is 3.55. The maximum absolute atomic E-state index is 13.4. The van der Waals surface area contributed by atoms with Crippen molar-refractivity contribution in [1.82, 2.24) is 15.2 Å². The molecule has 6 nitrogen and oxygen atoms in total. The number of carbonyl (C=O) groups excluding carboxylic acids is 1. The predicted molar refractivity (Wildman–Crippen MR) is 138 cm³/mol. The van der Waals surface area contributed by atoms with Crippen LogP contribution >= 0.6 is 11.6 Å². The lowest BCUT2D eigenvalue weighted by Gasteiger charge is -2.12. The summed E-state index contributed by atoms with van der Waals surface area (Å²) in [6, 6.07) is 24.8. The molecule has 6 rings (SSSR count). The lowest BCUT2D eigenvalue weighted by Crippen LogP contribution is -2.10.